The Morgan fingerprint density at radius 1 is 1.11 bits per heavy atom. The summed E-state index contributed by atoms with van der Waals surface area (Å²) in [7, 11) is 1.68. The van der Waals surface area contributed by atoms with Crippen molar-refractivity contribution in [2.45, 2.75) is 31.6 Å². The second-order valence-electron chi connectivity index (χ2n) is 10.1. The van der Waals surface area contributed by atoms with E-state index in [4.69, 9.17) is 5.11 Å². The molecular weight excluding hydrogens is 467 g/mol. The molecule has 0 bridgehead atoms. The number of nitrogens with zero attached hydrogens (tertiary/aromatic N) is 5. The molecule has 3 saturated heterocycles. The van der Waals surface area contributed by atoms with Crippen molar-refractivity contribution in [1.82, 2.24) is 24.9 Å². The molecule has 10 nitrogen and oxygen atoms in total. The number of aryl methyl sites for hydroxylation is 1. The maximum atomic E-state index is 15.7. The molecule has 1 aromatic carbocycles. The van der Waals surface area contributed by atoms with E-state index in [1.54, 1.807) is 18.0 Å². The number of halogens is 1. The summed E-state index contributed by atoms with van der Waals surface area (Å²) < 4.78 is 17.2. The average molecular weight is 501 g/mol. The first kappa shape index (κ1) is 24.6. The molecular formula is C25H33FN6O4. The molecule has 3 amide bonds. The quantitative estimate of drug-likeness (QED) is 0.578. The molecule has 0 saturated carbocycles. The third-order valence-electron chi connectivity index (χ3n) is 7.85. The van der Waals surface area contributed by atoms with E-state index < -0.39 is 12.5 Å². The number of carbonyl (C=O) groups is 3. The monoisotopic (exact) mass is 500 g/mol. The Hall–Kier alpha value is -3.05. The van der Waals surface area contributed by atoms with Gasteiger partial charge in [-0.15, -0.1) is 0 Å². The summed E-state index contributed by atoms with van der Waals surface area (Å²) in [6.07, 6.45) is 2.50. The fourth-order valence-corrected chi connectivity index (χ4v) is 5.80. The van der Waals surface area contributed by atoms with Gasteiger partial charge in [-0.2, -0.15) is 5.10 Å². The highest BCUT2D eigenvalue weighted by Gasteiger charge is 2.33. The number of hydrogen-bond acceptors (Lipinski definition) is 7. The van der Waals surface area contributed by atoms with Crippen LogP contribution in [0.3, 0.4) is 0 Å². The zero-order valence-electron chi connectivity index (χ0n) is 20.6. The van der Waals surface area contributed by atoms with Crippen molar-refractivity contribution in [1.29, 1.82) is 0 Å². The Bertz CT molecular complexity index is 1170. The topological polar surface area (TPSA) is 111 Å². The van der Waals surface area contributed by atoms with Crippen LogP contribution in [0.2, 0.25) is 0 Å². The van der Waals surface area contributed by atoms with Crippen molar-refractivity contribution in [2.75, 3.05) is 57.3 Å². The number of piperazine rings is 1. The van der Waals surface area contributed by atoms with Crippen LogP contribution in [0.5, 0.6) is 0 Å². The number of fused-ring (bicyclic) bond motifs is 1. The molecule has 36 heavy (non-hydrogen) atoms. The largest absolute Gasteiger partial charge is 0.387 e. The zero-order valence-corrected chi connectivity index (χ0v) is 20.6. The summed E-state index contributed by atoms with van der Waals surface area (Å²) in [6, 6.07) is 3.62. The van der Waals surface area contributed by atoms with Crippen LogP contribution in [-0.2, 0) is 21.4 Å². The van der Waals surface area contributed by atoms with E-state index >= 15 is 4.39 Å². The molecule has 1 aromatic heterocycles. The van der Waals surface area contributed by atoms with E-state index in [0.717, 1.165) is 32.5 Å². The first-order valence-corrected chi connectivity index (χ1v) is 12.7. The molecule has 0 aliphatic carbocycles. The molecule has 1 unspecified atom stereocenters. The highest BCUT2D eigenvalue weighted by molar-refractivity contribution is 6.02. The van der Waals surface area contributed by atoms with Gasteiger partial charge in [0, 0.05) is 64.7 Å². The minimum absolute atomic E-state index is 0.196. The van der Waals surface area contributed by atoms with E-state index in [1.807, 2.05) is 6.07 Å². The molecule has 3 fully saturated rings. The maximum Gasteiger partial charge on any atom is 0.248 e. The van der Waals surface area contributed by atoms with Crippen LogP contribution in [0.15, 0.2) is 12.1 Å². The minimum Gasteiger partial charge on any atom is -0.387 e. The number of nitrogens with one attached hydrogen (secondary N) is 1. The van der Waals surface area contributed by atoms with Gasteiger partial charge in [0.15, 0.2) is 5.82 Å². The Balaban J connectivity index is 1.23. The van der Waals surface area contributed by atoms with E-state index in [2.05, 4.69) is 20.2 Å². The Morgan fingerprint density at radius 2 is 1.83 bits per heavy atom. The predicted molar refractivity (Wildman–Crippen MR) is 131 cm³/mol. The molecule has 0 spiro atoms. The summed E-state index contributed by atoms with van der Waals surface area (Å²) in [5.41, 5.74) is 1.43. The van der Waals surface area contributed by atoms with Crippen LogP contribution < -0.4 is 10.2 Å². The molecule has 5 rings (SSSR count). The molecule has 11 heteroatoms. The van der Waals surface area contributed by atoms with Gasteiger partial charge in [0.1, 0.15) is 12.1 Å². The van der Waals surface area contributed by atoms with Crippen molar-refractivity contribution < 1.29 is 23.9 Å². The number of anilines is 1. The second-order valence-corrected chi connectivity index (χ2v) is 10.1. The number of benzene rings is 1. The molecule has 2 aromatic rings. The lowest BCUT2D eigenvalue weighted by Gasteiger charge is -2.39. The molecule has 194 valence electrons. The van der Waals surface area contributed by atoms with Crippen LogP contribution in [0.4, 0.5) is 10.1 Å². The number of amides is 3. The first-order chi connectivity index (χ1) is 17.4. The fraction of sp³-hybridized carbons (Fsp3) is 0.600. The smallest absolute Gasteiger partial charge is 0.248 e. The van der Waals surface area contributed by atoms with Gasteiger partial charge in [-0.3, -0.25) is 29.3 Å². The normalized spacial score (nSPS) is 22.4. The van der Waals surface area contributed by atoms with Crippen molar-refractivity contribution >= 4 is 34.3 Å². The standard InChI is InChI=1S/C25H33FN6O4/c1-29-24-17(23(28-29)18-3-5-20(34)27-25(18)36)2-4-19(22(24)26)31-12-10-30(11-13-31)14-16-6-8-32(9-7-16)21(35)15-33/h2,4,16,18,33H,3,5-15H2,1H3,(H,27,34,36). The summed E-state index contributed by atoms with van der Waals surface area (Å²) in [5.74, 6) is -1.24. The number of rotatable bonds is 5. The van der Waals surface area contributed by atoms with Gasteiger partial charge in [-0.1, -0.05) is 0 Å². The van der Waals surface area contributed by atoms with Crippen LogP contribution >= 0.6 is 0 Å². The Labute approximate surface area is 209 Å². The molecule has 2 N–H and O–H groups in total. The number of imide groups is 1. The third kappa shape index (κ3) is 4.69. The highest BCUT2D eigenvalue weighted by Crippen LogP contribution is 2.35. The maximum absolute atomic E-state index is 15.7. The number of carbonyl (C=O) groups excluding carboxylic acids is 3. The lowest BCUT2D eigenvalue weighted by atomic mass is 9.92. The zero-order chi connectivity index (χ0) is 25.4. The Morgan fingerprint density at radius 3 is 2.50 bits per heavy atom. The lowest BCUT2D eigenvalue weighted by Crippen LogP contribution is -2.49. The summed E-state index contributed by atoms with van der Waals surface area (Å²) in [4.78, 5) is 41.8. The van der Waals surface area contributed by atoms with E-state index in [-0.39, 0.29) is 30.0 Å². The van der Waals surface area contributed by atoms with Gasteiger partial charge in [-0.05, 0) is 37.3 Å². The summed E-state index contributed by atoms with van der Waals surface area (Å²) in [5, 5.41) is 16.5. The molecule has 4 heterocycles. The van der Waals surface area contributed by atoms with Gasteiger partial charge in [0.05, 0.1) is 17.3 Å². The van der Waals surface area contributed by atoms with Crippen LogP contribution in [0.1, 0.15) is 37.3 Å². The lowest BCUT2D eigenvalue weighted by molar-refractivity contribution is -0.136. The van der Waals surface area contributed by atoms with Crippen molar-refractivity contribution in [3.8, 4) is 0 Å². The fourth-order valence-electron chi connectivity index (χ4n) is 5.80. The van der Waals surface area contributed by atoms with Crippen LogP contribution in [-0.4, -0.2) is 94.8 Å². The van der Waals surface area contributed by atoms with Crippen molar-refractivity contribution in [3.63, 3.8) is 0 Å². The third-order valence-corrected chi connectivity index (χ3v) is 7.85. The van der Waals surface area contributed by atoms with Crippen LogP contribution in [0, 0.1) is 11.7 Å². The van der Waals surface area contributed by atoms with Crippen molar-refractivity contribution in [3.05, 3.63) is 23.6 Å². The number of aromatic nitrogens is 2. The van der Waals surface area contributed by atoms with Gasteiger partial charge >= 0.3 is 0 Å². The number of aliphatic hydroxyl groups excluding tert-OH is 1. The van der Waals surface area contributed by atoms with Gasteiger partial charge in [0.2, 0.25) is 17.7 Å². The summed E-state index contributed by atoms with van der Waals surface area (Å²) in [6.45, 7) is 5.02. The molecule has 3 aliphatic rings. The number of likely N-dealkylation sites (tertiary alicyclic amines) is 1. The second kappa shape index (κ2) is 10.1. The van der Waals surface area contributed by atoms with Gasteiger partial charge in [-0.25, -0.2) is 4.39 Å². The first-order valence-electron chi connectivity index (χ1n) is 12.7. The SMILES string of the molecule is Cn1nc(C2CCC(=O)NC2=O)c2ccc(N3CCN(CC4CCN(C(=O)CO)CC4)CC3)c(F)c21. The average Bonchev–Trinajstić information content (AvgIpc) is 3.21. The van der Waals surface area contributed by atoms with Crippen molar-refractivity contribution in [2.24, 2.45) is 13.0 Å². The van der Waals surface area contributed by atoms with Crippen LogP contribution in [0.25, 0.3) is 10.9 Å². The summed E-state index contributed by atoms with van der Waals surface area (Å²) >= 11 is 0. The predicted octanol–water partition coefficient (Wildman–Crippen LogP) is 0.586. The molecule has 0 radical (unpaired) electrons. The minimum atomic E-state index is -0.561. The number of aliphatic hydroxyl groups is 1. The van der Waals surface area contributed by atoms with E-state index in [1.165, 1.54) is 4.68 Å². The van der Waals surface area contributed by atoms with Gasteiger partial charge in [0.25, 0.3) is 0 Å². The molecule has 3 aliphatic heterocycles. The highest BCUT2D eigenvalue weighted by atomic mass is 19.1. The number of hydrogen-bond donors (Lipinski definition) is 2. The van der Waals surface area contributed by atoms with Gasteiger partial charge < -0.3 is 14.9 Å². The van der Waals surface area contributed by atoms with E-state index in [9.17, 15) is 14.4 Å². The Kier molecular flexibility index (Phi) is 6.94. The molecule has 1 atom stereocenters. The number of piperidine rings is 2. The van der Waals surface area contributed by atoms with E-state index in [0.29, 0.717) is 60.8 Å².